The lowest BCUT2D eigenvalue weighted by molar-refractivity contribution is -0.137. The van der Waals surface area contributed by atoms with Gasteiger partial charge in [0.05, 0.1) is 0 Å². The molecule has 0 spiro atoms. The SMILES string of the molecule is CCC(CCNC(=O)C1CC=CC1)CCC(=O)O. The topological polar surface area (TPSA) is 66.4 Å². The number of allylic oxidation sites excluding steroid dienone is 2. The third-order valence-corrected chi connectivity index (χ3v) is 3.57. The van der Waals surface area contributed by atoms with Crippen molar-refractivity contribution in [2.24, 2.45) is 11.8 Å². The van der Waals surface area contributed by atoms with Crippen LogP contribution in [0.4, 0.5) is 0 Å². The van der Waals surface area contributed by atoms with Crippen molar-refractivity contribution < 1.29 is 14.7 Å². The smallest absolute Gasteiger partial charge is 0.303 e. The van der Waals surface area contributed by atoms with Crippen molar-refractivity contribution in [2.45, 2.75) is 45.4 Å². The molecule has 102 valence electrons. The summed E-state index contributed by atoms with van der Waals surface area (Å²) >= 11 is 0. The average molecular weight is 253 g/mol. The van der Waals surface area contributed by atoms with Gasteiger partial charge >= 0.3 is 5.97 Å². The van der Waals surface area contributed by atoms with Gasteiger partial charge in [0.2, 0.25) is 5.91 Å². The molecule has 0 bridgehead atoms. The van der Waals surface area contributed by atoms with E-state index in [0.29, 0.717) is 18.9 Å². The summed E-state index contributed by atoms with van der Waals surface area (Å²) < 4.78 is 0. The van der Waals surface area contributed by atoms with Gasteiger partial charge < -0.3 is 10.4 Å². The van der Waals surface area contributed by atoms with Gasteiger partial charge in [-0.05, 0) is 31.6 Å². The fourth-order valence-corrected chi connectivity index (χ4v) is 2.26. The highest BCUT2D eigenvalue weighted by Gasteiger charge is 2.18. The fourth-order valence-electron chi connectivity index (χ4n) is 2.26. The standard InChI is InChI=1S/C14H23NO3/c1-2-11(7-8-13(16)17)9-10-15-14(18)12-5-3-4-6-12/h3-4,11-12H,2,5-10H2,1H3,(H,15,18)(H,16,17). The Morgan fingerprint density at radius 2 is 2.00 bits per heavy atom. The number of carboxylic acid groups (broad SMARTS) is 1. The largest absolute Gasteiger partial charge is 0.481 e. The van der Waals surface area contributed by atoms with Crippen LogP contribution in [0.5, 0.6) is 0 Å². The van der Waals surface area contributed by atoms with Crippen LogP contribution < -0.4 is 5.32 Å². The maximum absolute atomic E-state index is 11.7. The molecular formula is C14H23NO3. The second-order valence-corrected chi connectivity index (χ2v) is 4.93. The first-order chi connectivity index (χ1) is 8.63. The van der Waals surface area contributed by atoms with E-state index in [-0.39, 0.29) is 18.2 Å². The van der Waals surface area contributed by atoms with Crippen LogP contribution in [0.2, 0.25) is 0 Å². The first-order valence-electron chi connectivity index (χ1n) is 6.78. The van der Waals surface area contributed by atoms with E-state index in [1.54, 1.807) is 0 Å². The first-order valence-corrected chi connectivity index (χ1v) is 6.78. The summed E-state index contributed by atoms with van der Waals surface area (Å²) in [6.45, 7) is 2.72. The van der Waals surface area contributed by atoms with E-state index >= 15 is 0 Å². The molecule has 0 aliphatic heterocycles. The lowest BCUT2D eigenvalue weighted by Crippen LogP contribution is -2.31. The lowest BCUT2D eigenvalue weighted by Gasteiger charge is -2.15. The zero-order chi connectivity index (χ0) is 13.4. The summed E-state index contributed by atoms with van der Waals surface area (Å²) in [6.07, 6.45) is 8.55. The minimum Gasteiger partial charge on any atom is -0.481 e. The van der Waals surface area contributed by atoms with Gasteiger partial charge in [-0.25, -0.2) is 0 Å². The number of hydrogen-bond donors (Lipinski definition) is 2. The van der Waals surface area contributed by atoms with E-state index in [1.165, 1.54) is 0 Å². The molecule has 0 aromatic heterocycles. The highest BCUT2D eigenvalue weighted by molar-refractivity contribution is 5.79. The number of aliphatic carboxylic acids is 1. The molecule has 1 unspecified atom stereocenters. The third-order valence-electron chi connectivity index (χ3n) is 3.57. The van der Waals surface area contributed by atoms with Crippen LogP contribution in [0, 0.1) is 11.8 Å². The van der Waals surface area contributed by atoms with Crippen molar-refractivity contribution in [3.63, 3.8) is 0 Å². The molecule has 4 nitrogen and oxygen atoms in total. The van der Waals surface area contributed by atoms with E-state index in [4.69, 9.17) is 5.11 Å². The molecule has 1 atom stereocenters. The van der Waals surface area contributed by atoms with E-state index in [0.717, 1.165) is 25.7 Å². The predicted molar refractivity (Wildman–Crippen MR) is 70.1 cm³/mol. The molecule has 1 amide bonds. The van der Waals surface area contributed by atoms with E-state index < -0.39 is 5.97 Å². The van der Waals surface area contributed by atoms with Crippen molar-refractivity contribution in [2.75, 3.05) is 6.54 Å². The Labute approximate surface area is 108 Å². The molecule has 0 radical (unpaired) electrons. The van der Waals surface area contributed by atoms with E-state index in [9.17, 15) is 9.59 Å². The van der Waals surface area contributed by atoms with Crippen molar-refractivity contribution in [3.05, 3.63) is 12.2 Å². The van der Waals surface area contributed by atoms with Gasteiger partial charge in [-0.2, -0.15) is 0 Å². The fraction of sp³-hybridized carbons (Fsp3) is 0.714. The molecule has 0 fully saturated rings. The van der Waals surface area contributed by atoms with Crippen LogP contribution >= 0.6 is 0 Å². The molecule has 0 saturated carbocycles. The predicted octanol–water partition coefficient (Wildman–Crippen LogP) is 2.35. The van der Waals surface area contributed by atoms with Gasteiger partial charge in [0.25, 0.3) is 0 Å². The Balaban J connectivity index is 2.14. The van der Waals surface area contributed by atoms with Gasteiger partial charge in [-0.1, -0.05) is 25.5 Å². The van der Waals surface area contributed by atoms with Gasteiger partial charge in [0, 0.05) is 18.9 Å². The normalized spacial score (nSPS) is 16.7. The molecule has 4 heteroatoms. The number of hydrogen-bond acceptors (Lipinski definition) is 2. The number of amides is 1. The zero-order valence-electron chi connectivity index (χ0n) is 11.0. The van der Waals surface area contributed by atoms with Crippen LogP contribution in [0.1, 0.15) is 45.4 Å². The highest BCUT2D eigenvalue weighted by Crippen LogP contribution is 2.18. The van der Waals surface area contributed by atoms with Crippen LogP contribution in [-0.2, 0) is 9.59 Å². The molecular weight excluding hydrogens is 230 g/mol. The number of carbonyl (C=O) groups is 2. The second kappa shape index (κ2) is 7.90. The van der Waals surface area contributed by atoms with Gasteiger partial charge in [-0.3, -0.25) is 9.59 Å². The number of nitrogens with one attached hydrogen (secondary N) is 1. The minimum atomic E-state index is -0.741. The summed E-state index contributed by atoms with van der Waals surface area (Å²) in [5.41, 5.74) is 0. The van der Waals surface area contributed by atoms with Gasteiger partial charge in [-0.15, -0.1) is 0 Å². The molecule has 1 aliphatic rings. The van der Waals surface area contributed by atoms with Crippen LogP contribution in [0.3, 0.4) is 0 Å². The molecule has 1 rings (SSSR count). The Morgan fingerprint density at radius 3 is 2.56 bits per heavy atom. The monoisotopic (exact) mass is 253 g/mol. The molecule has 0 aromatic rings. The lowest BCUT2D eigenvalue weighted by atomic mass is 9.96. The van der Waals surface area contributed by atoms with Crippen LogP contribution in [-0.4, -0.2) is 23.5 Å². The maximum atomic E-state index is 11.7. The summed E-state index contributed by atoms with van der Waals surface area (Å²) in [7, 11) is 0. The summed E-state index contributed by atoms with van der Waals surface area (Å²) in [4.78, 5) is 22.2. The number of rotatable bonds is 8. The maximum Gasteiger partial charge on any atom is 0.303 e. The van der Waals surface area contributed by atoms with Gasteiger partial charge in [0.1, 0.15) is 0 Å². The number of carboxylic acids is 1. The Kier molecular flexibility index (Phi) is 6.47. The molecule has 1 aliphatic carbocycles. The zero-order valence-corrected chi connectivity index (χ0v) is 11.0. The highest BCUT2D eigenvalue weighted by atomic mass is 16.4. The van der Waals surface area contributed by atoms with E-state index in [1.807, 2.05) is 12.2 Å². The number of carbonyl (C=O) groups excluding carboxylic acids is 1. The Morgan fingerprint density at radius 1 is 1.33 bits per heavy atom. The van der Waals surface area contributed by atoms with Crippen molar-refractivity contribution >= 4 is 11.9 Å². The van der Waals surface area contributed by atoms with E-state index in [2.05, 4.69) is 12.2 Å². The summed E-state index contributed by atoms with van der Waals surface area (Å²) in [5.74, 6) is -0.102. The molecule has 0 saturated heterocycles. The second-order valence-electron chi connectivity index (χ2n) is 4.93. The third kappa shape index (κ3) is 5.34. The quantitative estimate of drug-likeness (QED) is 0.652. The Bertz CT molecular complexity index is 304. The molecule has 18 heavy (non-hydrogen) atoms. The summed E-state index contributed by atoms with van der Waals surface area (Å²) in [6, 6.07) is 0. The van der Waals surface area contributed by atoms with Crippen LogP contribution in [0.15, 0.2) is 12.2 Å². The average Bonchev–Trinajstić information content (AvgIpc) is 2.86. The summed E-state index contributed by atoms with van der Waals surface area (Å²) in [5, 5.41) is 11.6. The molecule has 0 aromatic carbocycles. The van der Waals surface area contributed by atoms with Crippen molar-refractivity contribution in [1.82, 2.24) is 5.32 Å². The van der Waals surface area contributed by atoms with Gasteiger partial charge in [0.15, 0.2) is 0 Å². The minimum absolute atomic E-state index is 0.115. The molecule has 2 N–H and O–H groups in total. The Hall–Kier alpha value is -1.32. The van der Waals surface area contributed by atoms with Crippen molar-refractivity contribution in [3.8, 4) is 0 Å². The van der Waals surface area contributed by atoms with Crippen LogP contribution in [0.25, 0.3) is 0 Å². The van der Waals surface area contributed by atoms with Crippen molar-refractivity contribution in [1.29, 1.82) is 0 Å². The first kappa shape index (κ1) is 14.7. The molecule has 0 heterocycles.